The van der Waals surface area contributed by atoms with Gasteiger partial charge in [-0.1, -0.05) is 36.4 Å². The molecule has 0 saturated carbocycles. The number of aromatic nitrogens is 7. The number of hydrogen-bond donors (Lipinski definition) is 0. The van der Waals surface area contributed by atoms with Gasteiger partial charge < -0.3 is 0 Å². The number of benzene rings is 1. The number of allylic oxidation sites excluding steroid dienone is 1. The van der Waals surface area contributed by atoms with Gasteiger partial charge in [0.25, 0.3) is 5.78 Å². The number of aryl methyl sites for hydroxylation is 1. The van der Waals surface area contributed by atoms with Gasteiger partial charge in [-0.3, -0.25) is 4.57 Å². The molecule has 0 fully saturated rings. The highest BCUT2D eigenvalue weighted by atomic mass is 32.2. The molecule has 3 heterocycles. The first-order valence-electron chi connectivity index (χ1n) is 8.84. The maximum atomic E-state index is 4.65. The van der Waals surface area contributed by atoms with Crippen LogP contribution in [-0.4, -0.2) is 34.3 Å². The molecule has 0 bridgehead atoms. The van der Waals surface area contributed by atoms with Gasteiger partial charge in [-0.25, -0.2) is 4.98 Å². The minimum absolute atomic E-state index is 0.632. The molecule has 0 saturated heterocycles. The van der Waals surface area contributed by atoms with Crippen molar-refractivity contribution in [1.29, 1.82) is 0 Å². The molecule has 1 aromatic carbocycles. The minimum Gasteiger partial charge on any atom is -0.298 e. The fourth-order valence-corrected chi connectivity index (χ4v) is 4.52. The van der Waals surface area contributed by atoms with Crippen LogP contribution in [0.1, 0.15) is 17.7 Å². The molecular formula is C19H17N7S. The Kier molecular flexibility index (Phi) is 3.97. The summed E-state index contributed by atoms with van der Waals surface area (Å²) in [5.74, 6) is 1.47. The Hall–Kier alpha value is -3.00. The van der Waals surface area contributed by atoms with E-state index < -0.39 is 0 Å². The lowest BCUT2D eigenvalue weighted by Crippen LogP contribution is -2.05. The van der Waals surface area contributed by atoms with Crippen LogP contribution < -0.4 is 0 Å². The van der Waals surface area contributed by atoms with Crippen molar-refractivity contribution in [3.63, 3.8) is 0 Å². The van der Waals surface area contributed by atoms with Crippen LogP contribution in [0.15, 0.2) is 59.5 Å². The van der Waals surface area contributed by atoms with Crippen molar-refractivity contribution < 1.29 is 0 Å². The maximum Gasteiger partial charge on any atom is 0.253 e. The second kappa shape index (κ2) is 6.62. The number of fused-ring (bicyclic) bond motifs is 2. The molecule has 1 aliphatic carbocycles. The third-order valence-electron chi connectivity index (χ3n) is 4.65. The lowest BCUT2D eigenvalue weighted by molar-refractivity contribution is 0.725. The molecule has 4 aromatic rings. The molecule has 1 aliphatic rings. The van der Waals surface area contributed by atoms with Crippen molar-refractivity contribution in [3.05, 3.63) is 60.6 Å². The number of nitrogens with zero attached hydrogens (tertiary/aromatic N) is 7. The summed E-state index contributed by atoms with van der Waals surface area (Å²) in [5.41, 5.74) is 3.40. The quantitative estimate of drug-likeness (QED) is 0.394. The Morgan fingerprint density at radius 2 is 2.04 bits per heavy atom. The minimum atomic E-state index is 0.632. The highest BCUT2D eigenvalue weighted by molar-refractivity contribution is 7.99. The summed E-state index contributed by atoms with van der Waals surface area (Å²) < 4.78 is 3.89. The molecule has 0 radical (unpaired) electrons. The zero-order valence-electron chi connectivity index (χ0n) is 14.6. The van der Waals surface area contributed by atoms with E-state index in [1.807, 2.05) is 40.9 Å². The molecule has 0 atom stereocenters. The molecule has 0 N–H and O–H groups in total. The van der Waals surface area contributed by atoms with Gasteiger partial charge in [0.15, 0.2) is 11.0 Å². The Morgan fingerprint density at radius 1 is 1.15 bits per heavy atom. The molecule has 134 valence electrons. The molecule has 27 heavy (non-hydrogen) atoms. The first-order valence-corrected chi connectivity index (χ1v) is 9.65. The molecule has 0 aliphatic heterocycles. The van der Waals surface area contributed by atoms with E-state index in [1.165, 1.54) is 5.56 Å². The third-order valence-corrected chi connectivity index (χ3v) is 5.75. The van der Waals surface area contributed by atoms with Crippen molar-refractivity contribution in [3.8, 4) is 11.4 Å². The van der Waals surface area contributed by atoms with Crippen LogP contribution >= 0.6 is 11.8 Å². The van der Waals surface area contributed by atoms with Gasteiger partial charge in [0.2, 0.25) is 0 Å². The largest absolute Gasteiger partial charge is 0.298 e. The van der Waals surface area contributed by atoms with E-state index in [1.54, 1.807) is 18.1 Å². The van der Waals surface area contributed by atoms with Gasteiger partial charge in [0.1, 0.15) is 11.4 Å². The lowest BCUT2D eigenvalue weighted by Gasteiger charge is -2.11. The standard InChI is InChI=1S/C19H17N7S/c1-2-11-25-16(13-7-4-3-5-8-13)23-24-19(25)27-17-14-9-6-10-15(14)22-18-20-12-21-26(17)18/h2-5,7-8,12H,1,6,9-11H2. The highest BCUT2D eigenvalue weighted by Crippen LogP contribution is 2.35. The van der Waals surface area contributed by atoms with Crippen molar-refractivity contribution in [2.24, 2.45) is 0 Å². The Labute approximate surface area is 160 Å². The molecule has 3 aromatic heterocycles. The summed E-state index contributed by atoms with van der Waals surface area (Å²) in [4.78, 5) is 8.93. The Morgan fingerprint density at radius 3 is 2.89 bits per heavy atom. The van der Waals surface area contributed by atoms with E-state index in [4.69, 9.17) is 0 Å². The second-order valence-corrected chi connectivity index (χ2v) is 7.30. The van der Waals surface area contributed by atoms with Gasteiger partial charge in [-0.15, -0.1) is 16.8 Å². The van der Waals surface area contributed by atoms with E-state index in [0.29, 0.717) is 12.3 Å². The molecule has 8 heteroatoms. The lowest BCUT2D eigenvalue weighted by atomic mass is 10.2. The van der Waals surface area contributed by atoms with Crippen molar-refractivity contribution in [2.75, 3.05) is 0 Å². The predicted octanol–water partition coefficient (Wildman–Crippen LogP) is 3.21. The van der Waals surface area contributed by atoms with Crippen molar-refractivity contribution in [1.82, 2.24) is 34.3 Å². The summed E-state index contributed by atoms with van der Waals surface area (Å²) in [6, 6.07) is 10.1. The van der Waals surface area contributed by atoms with Crippen LogP contribution in [0.2, 0.25) is 0 Å². The smallest absolute Gasteiger partial charge is 0.253 e. The van der Waals surface area contributed by atoms with E-state index >= 15 is 0 Å². The van der Waals surface area contributed by atoms with Gasteiger partial charge >= 0.3 is 0 Å². The zero-order chi connectivity index (χ0) is 18.2. The predicted molar refractivity (Wildman–Crippen MR) is 103 cm³/mol. The van der Waals surface area contributed by atoms with Gasteiger partial charge in [0.05, 0.1) is 5.69 Å². The average Bonchev–Trinajstić information content (AvgIpc) is 3.43. The first-order chi connectivity index (χ1) is 13.3. The first kappa shape index (κ1) is 16.2. The van der Waals surface area contributed by atoms with E-state index in [2.05, 4.69) is 36.4 Å². The normalized spacial score (nSPS) is 13.2. The van der Waals surface area contributed by atoms with Crippen LogP contribution in [-0.2, 0) is 19.4 Å². The van der Waals surface area contributed by atoms with Crippen LogP contribution in [0.3, 0.4) is 0 Å². The van der Waals surface area contributed by atoms with Gasteiger partial charge in [-0.05, 0) is 31.0 Å². The number of rotatable bonds is 5. The van der Waals surface area contributed by atoms with Gasteiger partial charge in [0, 0.05) is 17.7 Å². The molecular weight excluding hydrogens is 358 g/mol. The topological polar surface area (TPSA) is 73.8 Å². The summed E-state index contributed by atoms with van der Waals surface area (Å²) >= 11 is 1.57. The Balaban J connectivity index is 1.63. The monoisotopic (exact) mass is 375 g/mol. The molecule has 0 amide bonds. The maximum absolute atomic E-state index is 4.65. The van der Waals surface area contributed by atoms with Crippen molar-refractivity contribution in [2.45, 2.75) is 36.0 Å². The summed E-state index contributed by atoms with van der Waals surface area (Å²) in [7, 11) is 0. The fourth-order valence-electron chi connectivity index (χ4n) is 3.43. The van der Waals surface area contributed by atoms with Crippen molar-refractivity contribution >= 4 is 17.5 Å². The SMILES string of the molecule is C=CCn1c(Sc2c3c(nc4ncnn24)CCC3)nnc1-c1ccccc1. The van der Waals surface area contributed by atoms with E-state index in [9.17, 15) is 0 Å². The van der Waals surface area contributed by atoms with Crippen LogP contribution in [0.5, 0.6) is 0 Å². The van der Waals surface area contributed by atoms with Crippen LogP contribution in [0, 0.1) is 0 Å². The molecule has 5 rings (SSSR count). The van der Waals surface area contributed by atoms with Crippen LogP contribution in [0.4, 0.5) is 0 Å². The summed E-state index contributed by atoms with van der Waals surface area (Å²) in [5, 5.41) is 15.1. The summed E-state index contributed by atoms with van der Waals surface area (Å²) in [6.07, 6.45) is 6.51. The van der Waals surface area contributed by atoms with E-state index in [-0.39, 0.29) is 0 Å². The highest BCUT2D eigenvalue weighted by Gasteiger charge is 2.24. The number of hydrogen-bond acceptors (Lipinski definition) is 6. The summed E-state index contributed by atoms with van der Waals surface area (Å²) in [6.45, 7) is 4.53. The molecule has 7 nitrogen and oxygen atoms in total. The van der Waals surface area contributed by atoms with E-state index in [0.717, 1.165) is 46.5 Å². The zero-order valence-corrected chi connectivity index (χ0v) is 15.4. The molecule has 0 unspecified atom stereocenters. The molecule has 0 spiro atoms. The average molecular weight is 375 g/mol. The van der Waals surface area contributed by atoms with Gasteiger partial charge in [-0.2, -0.15) is 14.6 Å². The third kappa shape index (κ3) is 2.73. The fraction of sp³-hybridized carbons (Fsp3) is 0.211. The van der Waals surface area contributed by atoms with Crippen LogP contribution in [0.25, 0.3) is 17.2 Å². The Bertz CT molecular complexity index is 1130. The second-order valence-electron chi connectivity index (χ2n) is 6.34.